The molecule has 1 aromatic heterocycles. The van der Waals surface area contributed by atoms with Gasteiger partial charge in [0.1, 0.15) is 22.1 Å². The van der Waals surface area contributed by atoms with Gasteiger partial charge in [-0.2, -0.15) is 4.98 Å². The summed E-state index contributed by atoms with van der Waals surface area (Å²) in [5.41, 5.74) is -0.364. The van der Waals surface area contributed by atoms with Crippen LogP contribution in [0.3, 0.4) is 0 Å². The molecule has 2 N–H and O–H groups in total. The number of fused-ring (bicyclic) bond motifs is 1. The molecule has 1 aliphatic carbocycles. The number of aliphatic hydroxyl groups is 1. The molecular weight excluding hydrogens is 407 g/mol. The van der Waals surface area contributed by atoms with Crippen LogP contribution in [0.15, 0.2) is 29.2 Å². The molecule has 3 heterocycles. The van der Waals surface area contributed by atoms with Gasteiger partial charge in [0.2, 0.25) is 5.95 Å². The standard InChI is InChI=1S/C21H25FN4O3S/c1-29-21(14-3-5-15(22)6-4-14)11-26(12-21)19-23-16-7-10-30(28)17(16)18(24-19)25-20(13-27)8-2-9-20/h3-6,27H,2,7-13H2,1H3,(H,23,24,25)/i1D3. The number of nitrogens with zero attached hydrogens (tertiary/aromatic N) is 3. The van der Waals surface area contributed by atoms with E-state index in [1.165, 1.54) is 24.3 Å². The maximum atomic E-state index is 13.4. The summed E-state index contributed by atoms with van der Waals surface area (Å²) in [6, 6.07) is 5.61. The fraction of sp³-hybridized carbons (Fsp3) is 0.524. The molecule has 7 nitrogen and oxygen atoms in total. The molecule has 1 unspecified atom stereocenters. The number of aromatic nitrogens is 2. The number of hydrogen-bond donors (Lipinski definition) is 2. The largest absolute Gasteiger partial charge is 0.394 e. The predicted octanol–water partition coefficient (Wildman–Crippen LogP) is 1.97. The van der Waals surface area contributed by atoms with Crippen LogP contribution in [-0.4, -0.2) is 57.3 Å². The van der Waals surface area contributed by atoms with E-state index in [9.17, 15) is 13.7 Å². The highest BCUT2D eigenvalue weighted by Gasteiger charge is 2.47. The lowest BCUT2D eigenvalue weighted by Crippen LogP contribution is -2.61. The van der Waals surface area contributed by atoms with Crippen LogP contribution in [0.4, 0.5) is 16.2 Å². The van der Waals surface area contributed by atoms with Crippen LogP contribution < -0.4 is 10.2 Å². The molecule has 1 saturated heterocycles. The number of ether oxygens (including phenoxy) is 1. The number of aliphatic hydroxyl groups excluding tert-OH is 1. The van der Waals surface area contributed by atoms with Crippen molar-refractivity contribution in [2.75, 3.05) is 42.7 Å². The van der Waals surface area contributed by atoms with Crippen molar-refractivity contribution in [1.29, 1.82) is 0 Å². The van der Waals surface area contributed by atoms with Gasteiger partial charge < -0.3 is 20.1 Å². The Balaban J connectivity index is 1.46. The maximum absolute atomic E-state index is 13.4. The SMILES string of the molecule is [2H]C([2H])([2H])OC1(c2ccc(F)cc2)CN(c2nc3c(c(NC4(CO)CCC4)n2)S(=O)CC3)C1. The van der Waals surface area contributed by atoms with Gasteiger partial charge in [-0.1, -0.05) is 12.1 Å². The molecule has 30 heavy (non-hydrogen) atoms. The molecule has 3 aliphatic rings. The van der Waals surface area contributed by atoms with Crippen molar-refractivity contribution in [3.63, 3.8) is 0 Å². The first-order valence-corrected chi connectivity index (χ1v) is 11.3. The Bertz CT molecular complexity index is 1080. The van der Waals surface area contributed by atoms with E-state index < -0.39 is 34.8 Å². The molecule has 2 fully saturated rings. The van der Waals surface area contributed by atoms with E-state index in [1.54, 1.807) is 4.90 Å². The van der Waals surface area contributed by atoms with E-state index in [0.717, 1.165) is 19.3 Å². The number of benzene rings is 1. The summed E-state index contributed by atoms with van der Waals surface area (Å²) in [5.74, 6) is 0.902. The monoisotopic (exact) mass is 435 g/mol. The highest BCUT2D eigenvalue weighted by atomic mass is 32.2. The van der Waals surface area contributed by atoms with Crippen molar-refractivity contribution in [3.05, 3.63) is 41.3 Å². The normalized spacial score (nSPS) is 25.3. The first-order valence-electron chi connectivity index (χ1n) is 11.5. The van der Waals surface area contributed by atoms with Crippen molar-refractivity contribution >= 4 is 22.6 Å². The first kappa shape index (κ1) is 16.6. The molecule has 0 amide bonds. The predicted molar refractivity (Wildman–Crippen MR) is 112 cm³/mol. The fourth-order valence-corrected chi connectivity index (χ4v) is 5.66. The zero-order valence-corrected chi connectivity index (χ0v) is 17.2. The number of aryl methyl sites for hydroxylation is 1. The van der Waals surface area contributed by atoms with Crippen molar-refractivity contribution in [3.8, 4) is 0 Å². The summed E-state index contributed by atoms with van der Waals surface area (Å²) in [4.78, 5) is 11.6. The Morgan fingerprint density at radius 3 is 2.73 bits per heavy atom. The van der Waals surface area contributed by atoms with Gasteiger partial charge >= 0.3 is 0 Å². The summed E-state index contributed by atoms with van der Waals surface area (Å²) in [6.07, 6.45) is 3.15. The number of anilines is 2. The minimum absolute atomic E-state index is 0.0441. The lowest BCUT2D eigenvalue weighted by molar-refractivity contribution is -0.0390. The van der Waals surface area contributed by atoms with E-state index in [0.29, 0.717) is 40.1 Å². The smallest absolute Gasteiger partial charge is 0.227 e. The van der Waals surface area contributed by atoms with Crippen molar-refractivity contribution in [2.45, 2.75) is 41.7 Å². The molecule has 1 aromatic carbocycles. The van der Waals surface area contributed by atoms with Crippen LogP contribution >= 0.6 is 0 Å². The van der Waals surface area contributed by atoms with Gasteiger partial charge in [-0.3, -0.25) is 4.21 Å². The van der Waals surface area contributed by atoms with Crippen LogP contribution in [0.25, 0.3) is 0 Å². The molecule has 0 radical (unpaired) electrons. The second-order valence-electron chi connectivity index (χ2n) is 8.32. The zero-order chi connectivity index (χ0) is 23.4. The fourth-order valence-electron chi connectivity index (χ4n) is 4.36. The van der Waals surface area contributed by atoms with E-state index >= 15 is 0 Å². The third kappa shape index (κ3) is 3.11. The summed E-state index contributed by atoms with van der Waals surface area (Å²) < 4.78 is 54.4. The Kier molecular flexibility index (Phi) is 4.00. The van der Waals surface area contributed by atoms with Gasteiger partial charge in [-0.25, -0.2) is 9.37 Å². The minimum atomic E-state index is -2.64. The van der Waals surface area contributed by atoms with Crippen molar-refractivity contribution in [1.82, 2.24) is 9.97 Å². The quantitative estimate of drug-likeness (QED) is 0.717. The Morgan fingerprint density at radius 1 is 1.33 bits per heavy atom. The number of methoxy groups -OCH3 is 1. The highest BCUT2D eigenvalue weighted by molar-refractivity contribution is 7.85. The van der Waals surface area contributed by atoms with Gasteiger partial charge in [0.15, 0.2) is 0 Å². The molecule has 0 bridgehead atoms. The number of halogens is 1. The van der Waals surface area contributed by atoms with E-state index in [2.05, 4.69) is 15.3 Å². The van der Waals surface area contributed by atoms with E-state index in [4.69, 9.17) is 8.85 Å². The van der Waals surface area contributed by atoms with Crippen LogP contribution in [0.1, 0.15) is 34.6 Å². The molecule has 5 rings (SSSR count). The number of rotatable bonds is 6. The Labute approximate surface area is 181 Å². The first-order chi connectivity index (χ1) is 15.6. The summed E-state index contributed by atoms with van der Waals surface area (Å²) in [5, 5.41) is 13.2. The lowest BCUT2D eigenvalue weighted by atomic mass is 9.77. The minimum Gasteiger partial charge on any atom is -0.394 e. The van der Waals surface area contributed by atoms with Crippen molar-refractivity contribution < 1.29 is 22.6 Å². The zero-order valence-electron chi connectivity index (χ0n) is 19.4. The maximum Gasteiger partial charge on any atom is 0.227 e. The second-order valence-corrected chi connectivity index (χ2v) is 9.83. The van der Waals surface area contributed by atoms with Crippen LogP contribution in [0.2, 0.25) is 0 Å². The molecule has 1 saturated carbocycles. The van der Waals surface area contributed by atoms with Gasteiger partial charge in [-0.15, -0.1) is 0 Å². The summed E-state index contributed by atoms with van der Waals surface area (Å²) in [7, 11) is -3.85. The number of hydrogen-bond acceptors (Lipinski definition) is 7. The molecular formula is C21H25FN4O3S. The molecule has 0 spiro atoms. The molecule has 9 heteroatoms. The lowest BCUT2D eigenvalue weighted by Gasteiger charge is -2.49. The second kappa shape index (κ2) is 7.25. The van der Waals surface area contributed by atoms with Gasteiger partial charge in [0, 0.05) is 19.2 Å². The molecule has 2 aliphatic heterocycles. The Hall–Kier alpha value is -2.10. The van der Waals surface area contributed by atoms with E-state index in [1.807, 2.05) is 0 Å². The van der Waals surface area contributed by atoms with Crippen LogP contribution in [-0.2, 0) is 27.6 Å². The van der Waals surface area contributed by atoms with Crippen LogP contribution in [0, 0.1) is 5.82 Å². The average molecular weight is 436 g/mol. The van der Waals surface area contributed by atoms with Gasteiger partial charge in [0.05, 0.1) is 45.8 Å². The topological polar surface area (TPSA) is 87.6 Å². The average Bonchev–Trinajstić information content (AvgIpc) is 3.08. The van der Waals surface area contributed by atoms with Gasteiger partial charge in [0.25, 0.3) is 0 Å². The van der Waals surface area contributed by atoms with E-state index in [-0.39, 0.29) is 19.7 Å². The third-order valence-corrected chi connectivity index (χ3v) is 7.87. The van der Waals surface area contributed by atoms with Gasteiger partial charge in [-0.05, 0) is 37.0 Å². The summed E-state index contributed by atoms with van der Waals surface area (Å²) in [6.45, 7) is 0.296. The third-order valence-electron chi connectivity index (χ3n) is 6.41. The number of nitrogens with one attached hydrogen (secondary N) is 1. The Morgan fingerprint density at radius 2 is 2.10 bits per heavy atom. The molecule has 160 valence electrons. The van der Waals surface area contributed by atoms with Crippen molar-refractivity contribution in [2.24, 2.45) is 0 Å². The van der Waals surface area contributed by atoms with Crippen LogP contribution in [0.5, 0.6) is 0 Å². The summed E-state index contributed by atoms with van der Waals surface area (Å²) >= 11 is 0. The molecule has 1 atom stereocenters. The molecule has 2 aromatic rings. The highest BCUT2D eigenvalue weighted by Crippen LogP contribution is 2.41.